The van der Waals surface area contributed by atoms with Crippen LogP contribution >= 0.6 is 0 Å². The Labute approximate surface area is 97.2 Å². The lowest BCUT2D eigenvalue weighted by atomic mass is 9.95. The lowest BCUT2D eigenvalue weighted by Crippen LogP contribution is -2.36. The molecule has 0 radical (unpaired) electrons. The van der Waals surface area contributed by atoms with Crippen LogP contribution in [0.25, 0.3) is 0 Å². The van der Waals surface area contributed by atoms with Gasteiger partial charge in [-0.25, -0.2) is 4.98 Å². The predicted molar refractivity (Wildman–Crippen MR) is 56.4 cm³/mol. The van der Waals surface area contributed by atoms with E-state index in [0.717, 1.165) is 19.0 Å². The molecule has 17 heavy (non-hydrogen) atoms. The van der Waals surface area contributed by atoms with Crippen LogP contribution in [0.5, 0.6) is 5.88 Å². The van der Waals surface area contributed by atoms with Gasteiger partial charge in [-0.1, -0.05) is 0 Å². The third kappa shape index (κ3) is 2.67. The number of hydrogen-bond acceptors (Lipinski definition) is 5. The minimum Gasteiger partial charge on any atom is -0.415 e. The molecule has 5 nitrogen and oxygen atoms in total. The number of rotatable bonds is 3. The van der Waals surface area contributed by atoms with Gasteiger partial charge in [0, 0.05) is 6.04 Å². The zero-order valence-electron chi connectivity index (χ0n) is 9.14. The predicted octanol–water partition coefficient (Wildman–Crippen LogP) is 0.743. The molecule has 7 heteroatoms. The molecule has 0 bridgehead atoms. The lowest BCUT2D eigenvalue weighted by molar-refractivity contribution is -0.0531. The number of nitrogens with zero attached hydrogens (tertiary/aromatic N) is 2. The Morgan fingerprint density at radius 1 is 1.41 bits per heavy atom. The van der Waals surface area contributed by atoms with Crippen LogP contribution in [-0.2, 0) is 5.54 Å². The average molecular weight is 244 g/mol. The molecule has 1 aliphatic carbocycles. The Balaban J connectivity index is 2.12. The Morgan fingerprint density at radius 2 is 2.18 bits per heavy atom. The van der Waals surface area contributed by atoms with E-state index in [1.54, 1.807) is 0 Å². The van der Waals surface area contributed by atoms with E-state index in [-0.39, 0.29) is 11.9 Å². The van der Waals surface area contributed by atoms with Crippen molar-refractivity contribution >= 4 is 0 Å². The van der Waals surface area contributed by atoms with Crippen molar-refractivity contribution in [3.63, 3.8) is 0 Å². The summed E-state index contributed by atoms with van der Waals surface area (Å²) in [5, 5.41) is 0. The summed E-state index contributed by atoms with van der Waals surface area (Å²) < 4.78 is 27.9. The molecule has 2 unspecified atom stereocenters. The standard InChI is InChI=1S/C10H14F2N4O/c11-9(12)17-8-5-15-7(4-16-8)10(14)2-1-6(13)3-10/h4-6,9H,1-3,13-14H2. The Bertz CT molecular complexity index is 386. The summed E-state index contributed by atoms with van der Waals surface area (Å²) in [5.41, 5.74) is 11.9. The Kier molecular flexibility index (Phi) is 3.21. The smallest absolute Gasteiger partial charge is 0.388 e. The highest BCUT2D eigenvalue weighted by molar-refractivity contribution is 5.17. The van der Waals surface area contributed by atoms with E-state index in [0.29, 0.717) is 12.1 Å². The molecule has 0 aliphatic heterocycles. The number of nitrogens with two attached hydrogens (primary N) is 2. The Hall–Kier alpha value is -1.34. The fourth-order valence-electron chi connectivity index (χ4n) is 2.07. The molecular formula is C10H14F2N4O. The van der Waals surface area contributed by atoms with Gasteiger partial charge in [-0.05, 0) is 19.3 Å². The molecule has 0 aromatic carbocycles. The molecule has 0 spiro atoms. The maximum atomic E-state index is 11.9. The summed E-state index contributed by atoms with van der Waals surface area (Å²) >= 11 is 0. The third-order valence-corrected chi connectivity index (χ3v) is 2.94. The molecule has 1 saturated carbocycles. The highest BCUT2D eigenvalue weighted by atomic mass is 19.3. The third-order valence-electron chi connectivity index (χ3n) is 2.94. The highest BCUT2D eigenvalue weighted by Gasteiger charge is 2.37. The second kappa shape index (κ2) is 4.50. The first-order valence-corrected chi connectivity index (χ1v) is 5.31. The number of aromatic nitrogens is 2. The summed E-state index contributed by atoms with van der Waals surface area (Å²) in [6, 6.07) is 0.0544. The molecule has 4 N–H and O–H groups in total. The van der Waals surface area contributed by atoms with Crippen LogP contribution in [0.2, 0.25) is 0 Å². The molecule has 94 valence electrons. The molecule has 0 saturated heterocycles. The van der Waals surface area contributed by atoms with Crippen molar-refractivity contribution in [1.82, 2.24) is 9.97 Å². The van der Waals surface area contributed by atoms with Gasteiger partial charge < -0.3 is 16.2 Å². The number of alkyl halides is 2. The second-order valence-electron chi connectivity index (χ2n) is 4.28. The SMILES string of the molecule is NC1CCC(N)(c2cnc(OC(F)F)cn2)C1. The van der Waals surface area contributed by atoms with Crippen LogP contribution in [0.4, 0.5) is 8.78 Å². The molecule has 0 amide bonds. The van der Waals surface area contributed by atoms with Gasteiger partial charge in [-0.3, -0.25) is 4.98 Å². The molecule has 2 atom stereocenters. The largest absolute Gasteiger partial charge is 0.415 e. The second-order valence-corrected chi connectivity index (χ2v) is 4.28. The minimum atomic E-state index is -2.90. The molecule has 1 aromatic heterocycles. The van der Waals surface area contributed by atoms with E-state index >= 15 is 0 Å². The van der Waals surface area contributed by atoms with Crippen LogP contribution in [0.3, 0.4) is 0 Å². The first-order chi connectivity index (χ1) is 7.99. The topological polar surface area (TPSA) is 87.1 Å². The molecule has 1 aliphatic rings. The highest BCUT2D eigenvalue weighted by Crippen LogP contribution is 2.34. The van der Waals surface area contributed by atoms with Crippen LogP contribution in [0.1, 0.15) is 25.0 Å². The summed E-state index contributed by atoms with van der Waals surface area (Å²) in [7, 11) is 0. The summed E-state index contributed by atoms with van der Waals surface area (Å²) in [4.78, 5) is 7.77. The van der Waals surface area contributed by atoms with Crippen molar-refractivity contribution in [3.8, 4) is 5.88 Å². The van der Waals surface area contributed by atoms with Crippen molar-refractivity contribution in [2.75, 3.05) is 0 Å². The average Bonchev–Trinajstić information content (AvgIpc) is 2.60. The normalized spacial score (nSPS) is 28.6. The van der Waals surface area contributed by atoms with Crippen molar-refractivity contribution in [2.45, 2.75) is 37.5 Å². The Morgan fingerprint density at radius 3 is 2.65 bits per heavy atom. The van der Waals surface area contributed by atoms with Gasteiger partial charge >= 0.3 is 6.61 Å². The van der Waals surface area contributed by atoms with Gasteiger partial charge in [0.2, 0.25) is 5.88 Å². The fraction of sp³-hybridized carbons (Fsp3) is 0.600. The van der Waals surface area contributed by atoms with Crippen molar-refractivity contribution in [2.24, 2.45) is 11.5 Å². The number of ether oxygens (including phenoxy) is 1. The first-order valence-electron chi connectivity index (χ1n) is 5.31. The van der Waals surface area contributed by atoms with Crippen LogP contribution < -0.4 is 16.2 Å². The zero-order chi connectivity index (χ0) is 12.5. The van der Waals surface area contributed by atoms with Crippen molar-refractivity contribution < 1.29 is 13.5 Å². The molecule has 1 aromatic rings. The monoisotopic (exact) mass is 244 g/mol. The van der Waals surface area contributed by atoms with E-state index in [2.05, 4.69) is 14.7 Å². The van der Waals surface area contributed by atoms with E-state index in [1.165, 1.54) is 6.20 Å². The van der Waals surface area contributed by atoms with E-state index in [1.807, 2.05) is 0 Å². The van der Waals surface area contributed by atoms with Gasteiger partial charge in [0.25, 0.3) is 0 Å². The van der Waals surface area contributed by atoms with Gasteiger partial charge in [-0.15, -0.1) is 0 Å². The maximum Gasteiger partial charge on any atom is 0.388 e. The van der Waals surface area contributed by atoms with Gasteiger partial charge in [0.1, 0.15) is 0 Å². The summed E-state index contributed by atoms with van der Waals surface area (Å²) in [5.74, 6) is -0.213. The fourth-order valence-corrected chi connectivity index (χ4v) is 2.07. The minimum absolute atomic E-state index is 0.0544. The summed E-state index contributed by atoms with van der Waals surface area (Å²) in [6.07, 6.45) is 4.69. The van der Waals surface area contributed by atoms with E-state index in [9.17, 15) is 8.78 Å². The van der Waals surface area contributed by atoms with Crippen LogP contribution in [0, 0.1) is 0 Å². The molecular weight excluding hydrogens is 230 g/mol. The molecule has 1 fully saturated rings. The number of hydrogen-bond donors (Lipinski definition) is 2. The molecule has 2 rings (SSSR count). The van der Waals surface area contributed by atoms with Gasteiger partial charge in [0.05, 0.1) is 23.6 Å². The number of halogens is 2. The van der Waals surface area contributed by atoms with Crippen LogP contribution in [0.15, 0.2) is 12.4 Å². The van der Waals surface area contributed by atoms with E-state index < -0.39 is 12.2 Å². The van der Waals surface area contributed by atoms with Gasteiger partial charge in [-0.2, -0.15) is 8.78 Å². The van der Waals surface area contributed by atoms with Crippen LogP contribution in [-0.4, -0.2) is 22.6 Å². The summed E-state index contributed by atoms with van der Waals surface area (Å²) in [6.45, 7) is -2.90. The zero-order valence-corrected chi connectivity index (χ0v) is 9.14. The van der Waals surface area contributed by atoms with Crippen molar-refractivity contribution in [3.05, 3.63) is 18.1 Å². The maximum absolute atomic E-state index is 11.9. The van der Waals surface area contributed by atoms with Crippen molar-refractivity contribution in [1.29, 1.82) is 0 Å². The van der Waals surface area contributed by atoms with Gasteiger partial charge in [0.15, 0.2) is 0 Å². The molecule has 1 heterocycles. The quantitative estimate of drug-likeness (QED) is 0.819. The van der Waals surface area contributed by atoms with E-state index in [4.69, 9.17) is 11.5 Å². The first kappa shape index (κ1) is 12.1. The lowest BCUT2D eigenvalue weighted by Gasteiger charge is -2.22.